The van der Waals surface area contributed by atoms with E-state index in [0.29, 0.717) is 0 Å². The van der Waals surface area contributed by atoms with Crippen molar-refractivity contribution < 1.29 is 35.3 Å². The summed E-state index contributed by atoms with van der Waals surface area (Å²) in [6, 6.07) is 0. The van der Waals surface area contributed by atoms with E-state index < -0.39 is 0 Å². The van der Waals surface area contributed by atoms with Crippen LogP contribution in [0.3, 0.4) is 0 Å². The molecule has 2 heteroatoms. The molecule has 0 aliphatic heterocycles. The monoisotopic (exact) mass is 186 g/mol. The Hall–Kier alpha value is 1.10. The molecule has 0 aliphatic carbocycles. The molecule has 0 spiro atoms. The van der Waals surface area contributed by atoms with E-state index in [1.807, 2.05) is 0 Å². The van der Waals surface area contributed by atoms with Crippen molar-refractivity contribution in [1.29, 1.82) is 0 Å². The van der Waals surface area contributed by atoms with Crippen LogP contribution >= 0.6 is 0 Å². The topological polar surface area (TPSA) is 0 Å². The SMILES string of the molecule is C[CH](C)[Zn+].[Br-]. The Morgan fingerprint density at radius 2 is 1.40 bits per heavy atom. The zero-order valence-electron chi connectivity index (χ0n) is 3.66. The van der Waals surface area contributed by atoms with E-state index in [9.17, 15) is 0 Å². The summed E-state index contributed by atoms with van der Waals surface area (Å²) in [6.45, 7) is 4.44. The zero-order chi connectivity index (χ0) is 3.58. The Bertz CT molecular complexity index is 11.6. The van der Waals surface area contributed by atoms with Crippen molar-refractivity contribution in [3.05, 3.63) is 0 Å². The maximum atomic E-state index is 2.22. The number of rotatable bonds is 0. The molecule has 0 aromatic heterocycles. The molecule has 0 radical (unpaired) electrons. The van der Waals surface area contributed by atoms with Crippen LogP contribution < -0.4 is 17.0 Å². The van der Waals surface area contributed by atoms with Gasteiger partial charge >= 0.3 is 36.7 Å². The fraction of sp³-hybridized carbons (Fsp3) is 1.00. The molecule has 0 atom stereocenters. The molecular weight excluding hydrogens is 181 g/mol. The largest absolute Gasteiger partial charge is 1.00 e. The van der Waals surface area contributed by atoms with Crippen molar-refractivity contribution in [2.24, 2.45) is 0 Å². The maximum Gasteiger partial charge on any atom is -1.00 e. The van der Waals surface area contributed by atoms with E-state index in [1.165, 1.54) is 18.3 Å². The first kappa shape index (κ1) is 9.44. The molecule has 0 aliphatic rings. The van der Waals surface area contributed by atoms with E-state index in [-0.39, 0.29) is 17.0 Å². The van der Waals surface area contributed by atoms with Gasteiger partial charge in [-0.25, -0.2) is 0 Å². The zero-order valence-corrected chi connectivity index (χ0v) is 8.22. The Morgan fingerprint density at radius 3 is 1.40 bits per heavy atom. The first-order valence-electron chi connectivity index (χ1n) is 1.56. The van der Waals surface area contributed by atoms with Crippen LogP contribution in [0.5, 0.6) is 0 Å². The van der Waals surface area contributed by atoms with Crippen LogP contribution in [0.1, 0.15) is 13.8 Å². The third kappa shape index (κ3) is 40.4. The van der Waals surface area contributed by atoms with Gasteiger partial charge in [-0.05, 0) is 0 Å². The van der Waals surface area contributed by atoms with E-state index >= 15 is 0 Å². The van der Waals surface area contributed by atoms with Gasteiger partial charge in [0.25, 0.3) is 0 Å². The standard InChI is InChI=1S/C3H7.BrH.Zn/c1-3-2;;/h3H,1-2H3;1H;/q;;+1/p-1. The van der Waals surface area contributed by atoms with Crippen LogP contribution in [0.15, 0.2) is 0 Å². The molecule has 0 N–H and O–H groups in total. The quantitative estimate of drug-likeness (QED) is 0.400. The predicted octanol–water partition coefficient (Wildman–Crippen LogP) is -1.63. The van der Waals surface area contributed by atoms with Gasteiger partial charge in [0.1, 0.15) is 0 Å². The minimum atomic E-state index is 0. The summed E-state index contributed by atoms with van der Waals surface area (Å²) < 4.78 is 0.958. The predicted molar refractivity (Wildman–Crippen MR) is 15.1 cm³/mol. The van der Waals surface area contributed by atoms with Gasteiger partial charge in [-0.3, -0.25) is 0 Å². The molecule has 0 unspecified atom stereocenters. The van der Waals surface area contributed by atoms with Crippen molar-refractivity contribution in [3.8, 4) is 0 Å². The van der Waals surface area contributed by atoms with Crippen LogP contribution in [-0.4, -0.2) is 0 Å². The molecule has 0 heterocycles. The Kier molecular flexibility index (Phi) is 9.64. The van der Waals surface area contributed by atoms with Crippen LogP contribution in [0.2, 0.25) is 4.51 Å². The summed E-state index contributed by atoms with van der Waals surface area (Å²) >= 11 is 1.43. The van der Waals surface area contributed by atoms with Gasteiger partial charge in [0, 0.05) is 0 Å². The summed E-state index contributed by atoms with van der Waals surface area (Å²) in [5.74, 6) is 0. The third-order valence-electron chi connectivity index (χ3n) is 0. The van der Waals surface area contributed by atoms with Gasteiger partial charge in [-0.15, -0.1) is 0 Å². The fourth-order valence-corrected chi connectivity index (χ4v) is 0. The van der Waals surface area contributed by atoms with Gasteiger partial charge in [0.2, 0.25) is 0 Å². The van der Waals surface area contributed by atoms with Crippen molar-refractivity contribution >= 4 is 0 Å². The summed E-state index contributed by atoms with van der Waals surface area (Å²) in [4.78, 5) is 0. The first-order valence-corrected chi connectivity index (χ1v) is 3.28. The average molecular weight is 188 g/mol. The van der Waals surface area contributed by atoms with E-state index in [1.54, 1.807) is 0 Å². The molecule has 0 aromatic rings. The fourth-order valence-electron chi connectivity index (χ4n) is 0. The van der Waals surface area contributed by atoms with Gasteiger partial charge in [-0.2, -0.15) is 0 Å². The molecule has 0 nitrogen and oxygen atoms in total. The van der Waals surface area contributed by atoms with E-state index in [0.717, 1.165) is 4.51 Å². The maximum absolute atomic E-state index is 2.22. The Labute approximate surface area is 53.8 Å². The molecule has 28 valence electrons. The molecule has 0 fully saturated rings. The Morgan fingerprint density at radius 1 is 1.40 bits per heavy atom. The van der Waals surface area contributed by atoms with Gasteiger partial charge in [-0.1, -0.05) is 0 Å². The minimum Gasteiger partial charge on any atom is -1.00 e. The molecule has 0 bridgehead atoms. The first-order chi connectivity index (χ1) is 1.73. The number of hydrogen-bond donors (Lipinski definition) is 0. The Balaban J connectivity index is 0. The number of hydrogen-bond acceptors (Lipinski definition) is 0. The molecule has 0 rings (SSSR count). The summed E-state index contributed by atoms with van der Waals surface area (Å²) in [5.41, 5.74) is 0. The molecule has 0 saturated heterocycles. The molecule has 0 saturated carbocycles. The normalized spacial score (nSPS) is 7.40. The minimum absolute atomic E-state index is 0. The second kappa shape index (κ2) is 5.10. The molecule has 0 aromatic carbocycles. The number of halogens is 1. The molecule has 5 heavy (non-hydrogen) atoms. The van der Waals surface area contributed by atoms with Crippen molar-refractivity contribution in [1.82, 2.24) is 0 Å². The van der Waals surface area contributed by atoms with Gasteiger partial charge in [0.05, 0.1) is 0 Å². The van der Waals surface area contributed by atoms with Crippen molar-refractivity contribution in [3.63, 3.8) is 0 Å². The van der Waals surface area contributed by atoms with Crippen LogP contribution in [-0.2, 0) is 18.3 Å². The van der Waals surface area contributed by atoms with E-state index in [4.69, 9.17) is 0 Å². The van der Waals surface area contributed by atoms with Crippen LogP contribution in [0.4, 0.5) is 0 Å². The van der Waals surface area contributed by atoms with Crippen molar-refractivity contribution in [2.75, 3.05) is 0 Å². The van der Waals surface area contributed by atoms with Gasteiger partial charge < -0.3 is 17.0 Å². The van der Waals surface area contributed by atoms with Crippen LogP contribution in [0, 0.1) is 0 Å². The second-order valence-corrected chi connectivity index (χ2v) is 4.82. The van der Waals surface area contributed by atoms with Crippen LogP contribution in [0.25, 0.3) is 0 Å². The van der Waals surface area contributed by atoms with E-state index in [2.05, 4.69) is 13.8 Å². The second-order valence-electron chi connectivity index (χ2n) is 1.39. The summed E-state index contributed by atoms with van der Waals surface area (Å²) in [7, 11) is 0. The van der Waals surface area contributed by atoms with Gasteiger partial charge in [0.15, 0.2) is 0 Å². The third-order valence-corrected chi connectivity index (χ3v) is 0. The van der Waals surface area contributed by atoms with Crippen molar-refractivity contribution in [2.45, 2.75) is 18.4 Å². The molecular formula is C3H7BrZn. The smallest absolute Gasteiger partial charge is 1.00 e. The molecule has 0 amide bonds. The summed E-state index contributed by atoms with van der Waals surface area (Å²) in [6.07, 6.45) is 0. The summed E-state index contributed by atoms with van der Waals surface area (Å²) in [5, 5.41) is 0. The average Bonchev–Trinajstić information content (AvgIpc) is 0.811.